The molecule has 12 nitrogen and oxygen atoms in total. The lowest BCUT2D eigenvalue weighted by Crippen LogP contribution is -2.46. The number of nitrogens with zero attached hydrogens (tertiary/aromatic N) is 1. The molecule has 43 heavy (non-hydrogen) atoms. The normalized spacial score (nSPS) is 23.9. The van der Waals surface area contributed by atoms with Gasteiger partial charge in [-0.05, 0) is 94.7 Å². The van der Waals surface area contributed by atoms with E-state index in [0.29, 0.717) is 29.3 Å². The van der Waals surface area contributed by atoms with Crippen LogP contribution < -0.4 is 26.8 Å². The molecule has 2 heterocycles. The second-order valence-electron chi connectivity index (χ2n) is 12.1. The molecule has 4 fully saturated rings. The van der Waals surface area contributed by atoms with Crippen molar-refractivity contribution in [1.29, 1.82) is 0 Å². The number of carbonyl (C=O) groups excluding carboxylic acids is 5. The van der Waals surface area contributed by atoms with Gasteiger partial charge in [-0.15, -0.1) is 0 Å². The van der Waals surface area contributed by atoms with Gasteiger partial charge in [-0.25, -0.2) is 0 Å². The zero-order chi connectivity index (χ0) is 30.8. The van der Waals surface area contributed by atoms with Crippen LogP contribution in [0.4, 0.5) is 5.69 Å². The number of ketones is 1. The zero-order valence-electron chi connectivity index (χ0n) is 24.7. The molecular weight excluding hydrogens is 554 g/mol. The van der Waals surface area contributed by atoms with Crippen LogP contribution in [0.15, 0.2) is 33.6 Å². The number of rotatable bonds is 12. The Morgan fingerprint density at radius 3 is 2.53 bits per heavy atom. The van der Waals surface area contributed by atoms with E-state index in [1.807, 2.05) is 0 Å². The smallest absolute Gasteiger partial charge is 0.287 e. The maximum absolute atomic E-state index is 13.4. The Morgan fingerprint density at radius 2 is 1.84 bits per heavy atom. The number of amides is 4. The lowest BCUT2D eigenvalue weighted by Gasteiger charge is -2.32. The molecule has 4 saturated carbocycles. The summed E-state index contributed by atoms with van der Waals surface area (Å²) in [7, 11) is 0. The van der Waals surface area contributed by atoms with Crippen molar-refractivity contribution >= 4 is 35.1 Å². The molecule has 4 amide bonds. The summed E-state index contributed by atoms with van der Waals surface area (Å²) in [5, 5.41) is 10.7. The zero-order valence-corrected chi connectivity index (χ0v) is 24.7. The Morgan fingerprint density at radius 1 is 1.07 bits per heavy atom. The summed E-state index contributed by atoms with van der Waals surface area (Å²) >= 11 is 0. The Hall–Kier alpha value is -4.22. The summed E-state index contributed by atoms with van der Waals surface area (Å²) in [5.74, 6) is 0.283. The molecular formula is C31H39N5O7. The summed E-state index contributed by atoms with van der Waals surface area (Å²) in [4.78, 5) is 76.7. The van der Waals surface area contributed by atoms with Crippen LogP contribution in [0.2, 0.25) is 0 Å². The van der Waals surface area contributed by atoms with Crippen LogP contribution in [0.25, 0.3) is 0 Å². The van der Waals surface area contributed by atoms with E-state index in [1.165, 1.54) is 42.2 Å². The van der Waals surface area contributed by atoms with Gasteiger partial charge < -0.3 is 30.3 Å². The minimum absolute atomic E-state index is 0.0801. The maximum atomic E-state index is 13.4. The Balaban J connectivity index is 1.26. The first-order chi connectivity index (χ1) is 20.5. The largest absolute Gasteiger partial charge is 0.466 e. The number of nitrogens with one attached hydrogen (secondary N) is 4. The quantitative estimate of drug-likeness (QED) is 0.272. The van der Waals surface area contributed by atoms with Gasteiger partial charge in [0.05, 0.1) is 5.56 Å². The fraction of sp³-hybridized carbons (Fsp3) is 0.548. The number of carbonyl (C=O) groups is 5. The fourth-order valence-corrected chi connectivity index (χ4v) is 7.33. The van der Waals surface area contributed by atoms with Gasteiger partial charge in [-0.1, -0.05) is 0 Å². The summed E-state index contributed by atoms with van der Waals surface area (Å²) in [6.45, 7) is 5.05. The van der Waals surface area contributed by atoms with E-state index in [2.05, 4.69) is 21.3 Å². The number of likely N-dealkylation sites (N-methyl/N-ethyl adjacent to an activating group) is 1. The van der Waals surface area contributed by atoms with Gasteiger partial charge in [-0.2, -0.15) is 0 Å². The van der Waals surface area contributed by atoms with E-state index < -0.39 is 35.1 Å². The monoisotopic (exact) mass is 593 g/mol. The van der Waals surface area contributed by atoms with Crippen molar-refractivity contribution in [3.63, 3.8) is 0 Å². The van der Waals surface area contributed by atoms with Gasteiger partial charge in [-0.3, -0.25) is 28.8 Å². The number of pyridine rings is 1. The van der Waals surface area contributed by atoms with Crippen LogP contribution >= 0.6 is 0 Å². The molecule has 4 aliphatic carbocycles. The molecule has 12 heteroatoms. The van der Waals surface area contributed by atoms with Crippen molar-refractivity contribution < 1.29 is 28.4 Å². The third-order valence-corrected chi connectivity index (χ3v) is 9.14. The summed E-state index contributed by atoms with van der Waals surface area (Å²) in [6.07, 6.45) is 5.75. The predicted octanol–water partition coefficient (Wildman–Crippen LogP) is 1.83. The highest BCUT2D eigenvalue weighted by Gasteiger charge is 2.54. The number of hydrogen-bond acceptors (Lipinski definition) is 7. The molecule has 6 rings (SSSR count). The third-order valence-electron chi connectivity index (χ3n) is 9.14. The van der Waals surface area contributed by atoms with Gasteiger partial charge in [0.15, 0.2) is 0 Å². The van der Waals surface area contributed by atoms with Crippen LogP contribution in [0.1, 0.15) is 67.3 Å². The van der Waals surface area contributed by atoms with Gasteiger partial charge in [0, 0.05) is 25.2 Å². The molecule has 2 aromatic heterocycles. The molecule has 4 bridgehead atoms. The number of hydrogen-bond donors (Lipinski definition) is 4. The van der Waals surface area contributed by atoms with Crippen molar-refractivity contribution in [1.82, 2.24) is 20.5 Å². The minimum atomic E-state index is -1.25. The van der Waals surface area contributed by atoms with Crippen LogP contribution in [-0.4, -0.2) is 52.6 Å². The molecule has 4 aliphatic rings. The van der Waals surface area contributed by atoms with Crippen LogP contribution in [-0.2, 0) is 25.7 Å². The Labute approximate surface area is 249 Å². The first-order valence-electron chi connectivity index (χ1n) is 15.0. The lowest BCUT2D eigenvalue weighted by atomic mass is 9.79. The van der Waals surface area contributed by atoms with E-state index in [1.54, 1.807) is 26.8 Å². The summed E-state index contributed by atoms with van der Waals surface area (Å²) in [5.41, 5.74) is -0.435. The molecule has 5 unspecified atom stereocenters. The molecule has 230 valence electrons. The molecule has 0 aliphatic heterocycles. The van der Waals surface area contributed by atoms with E-state index in [9.17, 15) is 28.8 Å². The van der Waals surface area contributed by atoms with E-state index in [-0.39, 0.29) is 49.1 Å². The second kappa shape index (κ2) is 12.6. The fourth-order valence-electron chi connectivity index (χ4n) is 7.33. The SMILES string of the molecule is CCNC(=O)C(=O)CC[C@H](NC(=O)c1cc(C)oc1C)C(=O)Nc1cccn(CC(=O)NC2C3CC4CC(C3)C2C4)c1=O. The first kappa shape index (κ1) is 30.2. The van der Waals surface area contributed by atoms with E-state index >= 15 is 0 Å². The Bertz CT molecular complexity index is 1490. The topological polar surface area (TPSA) is 169 Å². The molecule has 0 saturated heterocycles. The molecule has 0 aromatic carbocycles. The predicted molar refractivity (Wildman–Crippen MR) is 156 cm³/mol. The van der Waals surface area contributed by atoms with Gasteiger partial charge in [0.25, 0.3) is 17.4 Å². The van der Waals surface area contributed by atoms with E-state index in [0.717, 1.165) is 12.3 Å². The Kier molecular flexibility index (Phi) is 8.84. The van der Waals surface area contributed by atoms with Gasteiger partial charge >= 0.3 is 0 Å². The number of aromatic nitrogens is 1. The number of Topliss-reactive ketones (excluding diaryl/α,β-unsaturated/α-hetero) is 1. The first-order valence-corrected chi connectivity index (χ1v) is 15.0. The average Bonchev–Trinajstić information content (AvgIpc) is 3.54. The van der Waals surface area contributed by atoms with E-state index in [4.69, 9.17) is 4.42 Å². The minimum Gasteiger partial charge on any atom is -0.466 e. The maximum Gasteiger partial charge on any atom is 0.287 e. The summed E-state index contributed by atoms with van der Waals surface area (Å²) in [6, 6.07) is 3.40. The molecule has 4 N–H and O–H groups in total. The highest BCUT2D eigenvalue weighted by molar-refractivity contribution is 6.36. The standard InChI is InChI=1S/C31H39N5O7/c1-4-32-30(41)25(37)8-7-23(33-28(39)21-10-16(2)43-17(21)3)29(40)34-24-6-5-9-36(31(24)42)15-26(38)35-27-20-12-18-11-19(14-20)22(27)13-18/h5-6,9-10,18-20,22-23,27H,4,7-8,11-15H2,1-3H3,(H,32,41)(H,33,39)(H,34,40)(H,35,38)/t18?,19?,20?,22?,23-,27?/m0/s1. The van der Waals surface area contributed by atoms with Crippen LogP contribution in [0.5, 0.6) is 0 Å². The van der Waals surface area contributed by atoms with Crippen molar-refractivity contribution in [2.75, 3.05) is 11.9 Å². The van der Waals surface area contributed by atoms with Gasteiger partial charge in [0.2, 0.25) is 17.6 Å². The molecule has 0 radical (unpaired) electrons. The number of anilines is 1. The number of furan rings is 1. The highest BCUT2D eigenvalue weighted by Crippen LogP contribution is 2.58. The van der Waals surface area contributed by atoms with Crippen molar-refractivity contribution in [3.8, 4) is 0 Å². The van der Waals surface area contributed by atoms with Gasteiger partial charge in [0.1, 0.15) is 29.8 Å². The van der Waals surface area contributed by atoms with Crippen LogP contribution in [0.3, 0.4) is 0 Å². The molecule has 6 atom stereocenters. The second-order valence-corrected chi connectivity index (χ2v) is 12.1. The van der Waals surface area contributed by atoms with Crippen molar-refractivity contribution in [3.05, 3.63) is 51.8 Å². The lowest BCUT2D eigenvalue weighted by molar-refractivity contribution is -0.138. The summed E-state index contributed by atoms with van der Waals surface area (Å²) < 4.78 is 6.65. The third kappa shape index (κ3) is 6.57. The molecule has 2 aromatic rings. The van der Waals surface area contributed by atoms with Crippen LogP contribution in [0, 0.1) is 37.5 Å². The average molecular weight is 594 g/mol. The molecule has 0 spiro atoms. The van der Waals surface area contributed by atoms with Crippen molar-refractivity contribution in [2.24, 2.45) is 23.7 Å². The number of aryl methyl sites for hydroxylation is 2. The van der Waals surface area contributed by atoms with Crippen molar-refractivity contribution in [2.45, 2.75) is 77.9 Å². The highest BCUT2D eigenvalue weighted by atomic mass is 16.3.